The molecule has 6 nitrogen and oxygen atoms in total. The van der Waals surface area contributed by atoms with E-state index in [1.807, 2.05) is 26.0 Å². The molecule has 0 bridgehead atoms. The van der Waals surface area contributed by atoms with E-state index in [1.54, 1.807) is 13.1 Å². The van der Waals surface area contributed by atoms with Crippen LogP contribution in [0.2, 0.25) is 0 Å². The standard InChI is InChI=1S/C19H27N3O3S2.ClH/c1-5-14-12-16(13(2)20-19(14)23)17-6-7-18(26-17)27(24,25)22(4)15-8-10-21(3)11-9-15;/h6-7,12,15H,5,8-11H2,1-4H3,(H,20,23);1H. The van der Waals surface area contributed by atoms with Crippen molar-refractivity contribution in [3.63, 3.8) is 0 Å². The van der Waals surface area contributed by atoms with E-state index in [2.05, 4.69) is 16.9 Å². The quantitative estimate of drug-likeness (QED) is 0.767. The largest absolute Gasteiger partial charge is 0.326 e. The maximum absolute atomic E-state index is 13.1. The van der Waals surface area contributed by atoms with Gasteiger partial charge in [-0.2, -0.15) is 4.31 Å². The van der Waals surface area contributed by atoms with E-state index in [1.165, 1.54) is 15.6 Å². The number of aromatic nitrogens is 1. The fraction of sp³-hybridized carbons (Fsp3) is 0.526. The second-order valence-corrected chi connectivity index (χ2v) is 10.5. The summed E-state index contributed by atoms with van der Waals surface area (Å²) in [5.41, 5.74) is 2.27. The molecule has 2 aromatic rings. The zero-order chi connectivity index (χ0) is 19.8. The number of rotatable bonds is 5. The predicted molar refractivity (Wildman–Crippen MR) is 117 cm³/mol. The summed E-state index contributed by atoms with van der Waals surface area (Å²) in [5, 5.41) is 0. The fourth-order valence-electron chi connectivity index (χ4n) is 3.48. The van der Waals surface area contributed by atoms with Gasteiger partial charge < -0.3 is 9.88 Å². The van der Waals surface area contributed by atoms with Gasteiger partial charge in [0, 0.05) is 34.8 Å². The average molecular weight is 446 g/mol. The molecule has 1 N–H and O–H groups in total. The average Bonchev–Trinajstić information content (AvgIpc) is 3.12. The Kier molecular flexibility index (Phi) is 7.50. The summed E-state index contributed by atoms with van der Waals surface area (Å²) in [6.07, 6.45) is 2.34. The second-order valence-electron chi connectivity index (χ2n) is 7.19. The van der Waals surface area contributed by atoms with Crippen LogP contribution in [0, 0.1) is 6.92 Å². The van der Waals surface area contributed by atoms with Crippen molar-refractivity contribution in [1.82, 2.24) is 14.2 Å². The molecule has 0 radical (unpaired) electrons. The number of nitrogens with zero attached hydrogens (tertiary/aromatic N) is 2. The summed E-state index contributed by atoms with van der Waals surface area (Å²) in [4.78, 5) is 17.9. The van der Waals surface area contributed by atoms with Gasteiger partial charge in [-0.15, -0.1) is 23.7 Å². The summed E-state index contributed by atoms with van der Waals surface area (Å²) in [5.74, 6) is 0. The van der Waals surface area contributed by atoms with E-state index in [0.717, 1.165) is 42.1 Å². The van der Waals surface area contributed by atoms with Crippen LogP contribution in [0.5, 0.6) is 0 Å². The van der Waals surface area contributed by atoms with Crippen molar-refractivity contribution in [2.24, 2.45) is 0 Å². The fourth-order valence-corrected chi connectivity index (χ4v) is 6.47. The van der Waals surface area contributed by atoms with Crippen LogP contribution in [0.25, 0.3) is 10.4 Å². The smallest absolute Gasteiger partial charge is 0.252 e. The molecule has 1 aliphatic rings. The summed E-state index contributed by atoms with van der Waals surface area (Å²) in [6.45, 7) is 5.60. The van der Waals surface area contributed by atoms with Crippen LogP contribution in [0.4, 0.5) is 0 Å². The first kappa shape index (κ1) is 23.1. The second kappa shape index (κ2) is 9.09. The Hall–Kier alpha value is -1.19. The first-order valence-corrected chi connectivity index (χ1v) is 11.5. The molecule has 0 atom stereocenters. The highest BCUT2D eigenvalue weighted by Gasteiger charge is 2.31. The van der Waals surface area contributed by atoms with Gasteiger partial charge in [0.25, 0.3) is 15.6 Å². The molecule has 0 aromatic carbocycles. The number of thiophene rings is 1. The lowest BCUT2D eigenvalue weighted by Crippen LogP contribution is -2.44. The number of sulfonamides is 1. The Bertz CT molecular complexity index is 977. The van der Waals surface area contributed by atoms with Crippen LogP contribution >= 0.6 is 23.7 Å². The van der Waals surface area contributed by atoms with Crippen LogP contribution in [0.1, 0.15) is 31.0 Å². The molecule has 0 saturated carbocycles. The topological polar surface area (TPSA) is 73.5 Å². The number of aryl methyl sites for hydroxylation is 2. The predicted octanol–water partition coefficient (Wildman–Crippen LogP) is 3.11. The van der Waals surface area contributed by atoms with E-state index in [9.17, 15) is 13.2 Å². The molecule has 0 aliphatic carbocycles. The highest BCUT2D eigenvalue weighted by molar-refractivity contribution is 7.91. The monoisotopic (exact) mass is 445 g/mol. The number of hydrogen-bond acceptors (Lipinski definition) is 5. The number of pyridine rings is 1. The van der Waals surface area contributed by atoms with Gasteiger partial charge in [-0.25, -0.2) is 8.42 Å². The van der Waals surface area contributed by atoms with Gasteiger partial charge in [0.15, 0.2) is 0 Å². The van der Waals surface area contributed by atoms with Gasteiger partial charge in [0.2, 0.25) is 0 Å². The third-order valence-electron chi connectivity index (χ3n) is 5.38. The summed E-state index contributed by atoms with van der Waals surface area (Å²) < 4.78 is 28.1. The molecule has 2 aromatic heterocycles. The van der Waals surface area contributed by atoms with Crippen LogP contribution in [-0.2, 0) is 16.4 Å². The number of piperidine rings is 1. The number of likely N-dealkylation sites (tertiary alicyclic amines) is 1. The highest BCUT2D eigenvalue weighted by Crippen LogP contribution is 2.34. The maximum Gasteiger partial charge on any atom is 0.252 e. The molecule has 0 spiro atoms. The van der Waals surface area contributed by atoms with Gasteiger partial charge in [-0.05, 0) is 64.5 Å². The van der Waals surface area contributed by atoms with Crippen molar-refractivity contribution < 1.29 is 8.42 Å². The lowest BCUT2D eigenvalue weighted by atomic mass is 10.1. The van der Waals surface area contributed by atoms with E-state index in [-0.39, 0.29) is 24.0 Å². The van der Waals surface area contributed by atoms with E-state index in [0.29, 0.717) is 16.2 Å². The number of halogens is 1. The Morgan fingerprint density at radius 2 is 1.93 bits per heavy atom. The molecule has 0 amide bonds. The zero-order valence-corrected chi connectivity index (χ0v) is 19.1. The number of hydrogen-bond donors (Lipinski definition) is 1. The molecule has 3 heterocycles. The first-order valence-electron chi connectivity index (χ1n) is 9.23. The van der Waals surface area contributed by atoms with Crippen LogP contribution < -0.4 is 5.56 Å². The van der Waals surface area contributed by atoms with Gasteiger partial charge in [-0.1, -0.05) is 6.92 Å². The van der Waals surface area contributed by atoms with E-state index >= 15 is 0 Å². The first-order chi connectivity index (χ1) is 12.7. The third kappa shape index (κ3) is 4.52. The van der Waals surface area contributed by atoms with Crippen molar-refractivity contribution in [1.29, 1.82) is 0 Å². The Labute approximate surface area is 177 Å². The molecular weight excluding hydrogens is 418 g/mol. The highest BCUT2D eigenvalue weighted by atomic mass is 35.5. The van der Waals surface area contributed by atoms with Gasteiger partial charge in [0.05, 0.1) is 0 Å². The van der Waals surface area contributed by atoms with Crippen LogP contribution in [-0.4, -0.2) is 55.8 Å². The molecular formula is C19H28ClN3O3S2. The van der Waals surface area contributed by atoms with Crippen molar-refractivity contribution >= 4 is 33.8 Å². The SMILES string of the molecule is CCc1cc(-c2ccc(S(=O)(=O)N(C)C3CCN(C)CC3)s2)c(C)[nH]c1=O.Cl. The number of aromatic amines is 1. The van der Waals surface area contributed by atoms with Crippen LogP contribution in [0.3, 0.4) is 0 Å². The normalized spacial score (nSPS) is 16.3. The van der Waals surface area contributed by atoms with Crippen molar-refractivity contribution in [3.8, 4) is 10.4 Å². The Balaban J connectivity index is 0.00000280. The molecule has 28 heavy (non-hydrogen) atoms. The lowest BCUT2D eigenvalue weighted by Gasteiger charge is -2.34. The third-order valence-corrected chi connectivity index (χ3v) is 8.87. The Morgan fingerprint density at radius 3 is 2.54 bits per heavy atom. The number of nitrogens with one attached hydrogen (secondary N) is 1. The summed E-state index contributed by atoms with van der Waals surface area (Å²) in [6, 6.07) is 5.42. The minimum absolute atomic E-state index is 0. The Morgan fingerprint density at radius 1 is 1.29 bits per heavy atom. The van der Waals surface area contributed by atoms with Crippen molar-refractivity contribution in [3.05, 3.63) is 39.8 Å². The number of H-pyrrole nitrogens is 1. The zero-order valence-electron chi connectivity index (χ0n) is 16.7. The van der Waals surface area contributed by atoms with Gasteiger partial charge in [0.1, 0.15) is 4.21 Å². The molecule has 1 saturated heterocycles. The van der Waals surface area contributed by atoms with E-state index < -0.39 is 10.0 Å². The minimum Gasteiger partial charge on any atom is -0.326 e. The molecule has 1 aliphatic heterocycles. The minimum atomic E-state index is -3.52. The molecule has 156 valence electrons. The van der Waals surface area contributed by atoms with Gasteiger partial charge >= 0.3 is 0 Å². The van der Waals surface area contributed by atoms with Crippen molar-refractivity contribution in [2.75, 3.05) is 27.2 Å². The lowest BCUT2D eigenvalue weighted by molar-refractivity contribution is 0.198. The molecule has 3 rings (SSSR count). The van der Waals surface area contributed by atoms with Crippen LogP contribution in [0.15, 0.2) is 27.2 Å². The van der Waals surface area contributed by atoms with Crippen molar-refractivity contribution in [2.45, 2.75) is 43.4 Å². The molecule has 9 heteroatoms. The summed E-state index contributed by atoms with van der Waals surface area (Å²) >= 11 is 1.26. The maximum atomic E-state index is 13.1. The van der Waals surface area contributed by atoms with E-state index in [4.69, 9.17) is 0 Å². The summed E-state index contributed by atoms with van der Waals surface area (Å²) in [7, 11) is 0.230. The van der Waals surface area contributed by atoms with Gasteiger partial charge in [-0.3, -0.25) is 4.79 Å². The molecule has 0 unspecified atom stereocenters. The molecule has 1 fully saturated rings.